The maximum Gasteiger partial charge on any atom is 0.251 e. The van der Waals surface area contributed by atoms with Gasteiger partial charge in [0.15, 0.2) is 11.5 Å². The fraction of sp³-hybridized carbons (Fsp3) is 0.381. The number of aliphatic hydroxyl groups excluding tert-OH is 1. The van der Waals surface area contributed by atoms with Crippen LogP contribution in [0.3, 0.4) is 0 Å². The number of hydrogen-bond donors (Lipinski definition) is 2. The van der Waals surface area contributed by atoms with Crippen molar-refractivity contribution in [1.82, 2.24) is 9.62 Å². The van der Waals surface area contributed by atoms with E-state index in [-0.39, 0.29) is 24.1 Å². The number of amides is 1. The van der Waals surface area contributed by atoms with E-state index in [1.54, 1.807) is 32.0 Å². The minimum Gasteiger partial charge on any atom is -0.454 e. The van der Waals surface area contributed by atoms with Crippen LogP contribution in [0.1, 0.15) is 42.3 Å². The lowest BCUT2D eigenvalue weighted by molar-refractivity contribution is 0.0942. The van der Waals surface area contributed by atoms with Crippen LogP contribution in [0, 0.1) is 0 Å². The average molecular weight is 435 g/mol. The van der Waals surface area contributed by atoms with Crippen LogP contribution in [0.25, 0.3) is 0 Å². The van der Waals surface area contributed by atoms with Crippen molar-refractivity contribution >= 4 is 15.9 Å². The van der Waals surface area contributed by atoms with Crippen LogP contribution in [-0.4, -0.2) is 50.2 Å². The number of sulfonamides is 1. The number of ether oxygens (including phenoxy) is 2. The first-order chi connectivity index (χ1) is 14.4. The Hall–Kier alpha value is -2.62. The van der Waals surface area contributed by atoms with E-state index in [1.807, 2.05) is 0 Å². The Labute approximate surface area is 176 Å². The Morgan fingerprint density at radius 3 is 2.43 bits per heavy atom. The molecule has 1 amide bonds. The van der Waals surface area contributed by atoms with E-state index in [0.717, 1.165) is 0 Å². The van der Waals surface area contributed by atoms with E-state index in [0.29, 0.717) is 42.1 Å². The van der Waals surface area contributed by atoms with Gasteiger partial charge >= 0.3 is 0 Å². The SMILES string of the molecule is CCN(CC)S(=O)(=O)c1ccc(C(=O)NCC[C@@H](O)c2ccc3c(c2)OCO3)cc1. The van der Waals surface area contributed by atoms with Crippen molar-refractivity contribution in [3.63, 3.8) is 0 Å². The number of nitrogens with zero attached hydrogens (tertiary/aromatic N) is 1. The molecule has 2 N–H and O–H groups in total. The first kappa shape index (κ1) is 22.1. The minimum absolute atomic E-state index is 0.154. The standard InChI is InChI=1S/C21H26N2O6S/c1-3-23(4-2)30(26,27)17-8-5-15(6-9-17)21(25)22-12-11-18(24)16-7-10-19-20(13-16)29-14-28-19/h5-10,13,18,24H,3-4,11-12,14H2,1-2H3,(H,22,25)/t18-/m1/s1. The Bertz CT molecular complexity index is 987. The Morgan fingerprint density at radius 2 is 1.77 bits per heavy atom. The van der Waals surface area contributed by atoms with E-state index in [1.165, 1.54) is 28.6 Å². The summed E-state index contributed by atoms with van der Waals surface area (Å²) in [7, 11) is -3.56. The molecule has 0 radical (unpaired) electrons. The summed E-state index contributed by atoms with van der Waals surface area (Å²) in [5.74, 6) is 0.903. The number of nitrogens with one attached hydrogen (secondary N) is 1. The highest BCUT2D eigenvalue weighted by molar-refractivity contribution is 7.89. The van der Waals surface area contributed by atoms with Crippen LogP contribution in [0.4, 0.5) is 0 Å². The van der Waals surface area contributed by atoms with Crippen molar-refractivity contribution in [3.05, 3.63) is 53.6 Å². The number of hydrogen-bond acceptors (Lipinski definition) is 6. The molecule has 8 nitrogen and oxygen atoms in total. The van der Waals surface area contributed by atoms with Crippen molar-refractivity contribution in [2.75, 3.05) is 26.4 Å². The van der Waals surface area contributed by atoms with Gasteiger partial charge in [0, 0.05) is 25.2 Å². The minimum atomic E-state index is -3.56. The zero-order valence-corrected chi connectivity index (χ0v) is 17.8. The smallest absolute Gasteiger partial charge is 0.251 e. The molecular formula is C21H26N2O6S. The monoisotopic (exact) mass is 434 g/mol. The van der Waals surface area contributed by atoms with Gasteiger partial charge in [0.05, 0.1) is 11.0 Å². The molecular weight excluding hydrogens is 408 g/mol. The van der Waals surface area contributed by atoms with Crippen LogP contribution in [0.2, 0.25) is 0 Å². The fourth-order valence-corrected chi connectivity index (χ4v) is 4.66. The molecule has 0 aromatic heterocycles. The molecule has 162 valence electrons. The lowest BCUT2D eigenvalue weighted by Crippen LogP contribution is -2.30. The molecule has 0 fully saturated rings. The van der Waals surface area contributed by atoms with Gasteiger partial charge in [-0.15, -0.1) is 0 Å². The van der Waals surface area contributed by atoms with E-state index in [2.05, 4.69) is 5.32 Å². The van der Waals surface area contributed by atoms with Crippen molar-refractivity contribution in [2.45, 2.75) is 31.3 Å². The molecule has 1 atom stereocenters. The topological polar surface area (TPSA) is 105 Å². The maximum atomic E-state index is 12.5. The van der Waals surface area contributed by atoms with E-state index in [4.69, 9.17) is 9.47 Å². The molecule has 0 unspecified atom stereocenters. The van der Waals surface area contributed by atoms with Crippen LogP contribution in [0.5, 0.6) is 11.5 Å². The number of benzene rings is 2. The van der Waals surface area contributed by atoms with E-state index < -0.39 is 16.1 Å². The van der Waals surface area contributed by atoms with Gasteiger partial charge < -0.3 is 19.9 Å². The molecule has 0 aliphatic carbocycles. The normalized spacial score (nSPS) is 14.0. The van der Waals surface area contributed by atoms with Gasteiger partial charge in [0.1, 0.15) is 0 Å². The first-order valence-corrected chi connectivity index (χ1v) is 11.3. The van der Waals surface area contributed by atoms with Crippen LogP contribution < -0.4 is 14.8 Å². The molecule has 0 saturated heterocycles. The quantitative estimate of drug-likeness (QED) is 0.627. The van der Waals surface area contributed by atoms with Gasteiger partial charge in [0.25, 0.3) is 5.91 Å². The molecule has 30 heavy (non-hydrogen) atoms. The Kier molecular flexibility index (Phi) is 6.96. The van der Waals surface area contributed by atoms with E-state index >= 15 is 0 Å². The molecule has 2 aromatic rings. The third kappa shape index (κ3) is 4.75. The Morgan fingerprint density at radius 1 is 1.10 bits per heavy atom. The third-order valence-corrected chi connectivity index (χ3v) is 7.01. The summed E-state index contributed by atoms with van der Waals surface area (Å²) in [5, 5.41) is 13.1. The molecule has 1 aliphatic rings. The zero-order chi connectivity index (χ0) is 21.7. The van der Waals surface area contributed by atoms with Crippen molar-refractivity contribution < 1.29 is 27.8 Å². The van der Waals surface area contributed by atoms with Gasteiger partial charge in [-0.25, -0.2) is 8.42 Å². The predicted octanol–water partition coefficient (Wildman–Crippen LogP) is 2.30. The molecule has 3 rings (SSSR count). The summed E-state index contributed by atoms with van der Waals surface area (Å²) < 4.78 is 36.9. The molecule has 2 aromatic carbocycles. The number of carbonyl (C=O) groups excluding carboxylic acids is 1. The van der Waals surface area contributed by atoms with Crippen molar-refractivity contribution in [2.24, 2.45) is 0 Å². The van der Waals surface area contributed by atoms with Crippen LogP contribution in [-0.2, 0) is 10.0 Å². The molecule has 9 heteroatoms. The van der Waals surface area contributed by atoms with Crippen LogP contribution >= 0.6 is 0 Å². The maximum absolute atomic E-state index is 12.5. The lowest BCUT2D eigenvalue weighted by atomic mass is 10.1. The zero-order valence-electron chi connectivity index (χ0n) is 17.0. The molecule has 0 saturated carbocycles. The van der Waals surface area contributed by atoms with Gasteiger partial charge in [0.2, 0.25) is 16.8 Å². The summed E-state index contributed by atoms with van der Waals surface area (Å²) in [5.41, 5.74) is 1.03. The second-order valence-corrected chi connectivity index (χ2v) is 8.72. The van der Waals surface area contributed by atoms with E-state index in [9.17, 15) is 18.3 Å². The van der Waals surface area contributed by atoms with Crippen molar-refractivity contribution in [1.29, 1.82) is 0 Å². The number of carbonyl (C=O) groups is 1. The summed E-state index contributed by atoms with van der Waals surface area (Å²) in [6, 6.07) is 11.1. The largest absolute Gasteiger partial charge is 0.454 e. The van der Waals surface area contributed by atoms with Gasteiger partial charge in [-0.05, 0) is 48.4 Å². The second kappa shape index (κ2) is 9.46. The summed E-state index contributed by atoms with van der Waals surface area (Å²) >= 11 is 0. The highest BCUT2D eigenvalue weighted by Gasteiger charge is 2.22. The van der Waals surface area contributed by atoms with Crippen molar-refractivity contribution in [3.8, 4) is 11.5 Å². The molecule has 0 bridgehead atoms. The summed E-state index contributed by atoms with van der Waals surface area (Å²) in [6.07, 6.45) is -0.443. The summed E-state index contributed by atoms with van der Waals surface area (Å²) in [6.45, 7) is 4.75. The number of fused-ring (bicyclic) bond motifs is 1. The first-order valence-electron chi connectivity index (χ1n) is 9.82. The molecule has 1 heterocycles. The Balaban J connectivity index is 1.55. The van der Waals surface area contributed by atoms with Gasteiger partial charge in [-0.1, -0.05) is 19.9 Å². The van der Waals surface area contributed by atoms with Gasteiger partial charge in [-0.3, -0.25) is 4.79 Å². The molecule has 0 spiro atoms. The highest BCUT2D eigenvalue weighted by Crippen LogP contribution is 2.34. The highest BCUT2D eigenvalue weighted by atomic mass is 32.2. The number of aliphatic hydroxyl groups is 1. The summed E-state index contributed by atoms with van der Waals surface area (Å²) in [4.78, 5) is 12.5. The number of rotatable bonds is 9. The molecule has 1 aliphatic heterocycles. The predicted molar refractivity (Wildman–Crippen MR) is 111 cm³/mol. The van der Waals surface area contributed by atoms with Gasteiger partial charge in [-0.2, -0.15) is 4.31 Å². The third-order valence-electron chi connectivity index (χ3n) is 4.94. The van der Waals surface area contributed by atoms with Crippen LogP contribution in [0.15, 0.2) is 47.4 Å². The average Bonchev–Trinajstić information content (AvgIpc) is 3.22. The second-order valence-electron chi connectivity index (χ2n) is 6.79. The lowest BCUT2D eigenvalue weighted by Gasteiger charge is -2.18. The fourth-order valence-electron chi connectivity index (χ4n) is 3.20.